The van der Waals surface area contributed by atoms with E-state index < -0.39 is 0 Å². The van der Waals surface area contributed by atoms with E-state index in [2.05, 4.69) is 40.1 Å². The summed E-state index contributed by atoms with van der Waals surface area (Å²) in [6.07, 6.45) is 8.04. The number of nitrogens with zero attached hydrogens (tertiary/aromatic N) is 5. The van der Waals surface area contributed by atoms with E-state index in [4.69, 9.17) is 4.74 Å². The predicted molar refractivity (Wildman–Crippen MR) is 218 cm³/mol. The number of hydrogen-bond donors (Lipinski definition) is 1. The van der Waals surface area contributed by atoms with Crippen LogP contribution in [-0.4, -0.2) is 94.6 Å². The molecule has 1 aromatic heterocycles. The van der Waals surface area contributed by atoms with Crippen molar-refractivity contribution in [2.24, 2.45) is 13.0 Å². The lowest BCUT2D eigenvalue weighted by molar-refractivity contribution is -0.133. The van der Waals surface area contributed by atoms with Crippen LogP contribution in [0.5, 0.6) is 5.75 Å². The van der Waals surface area contributed by atoms with Crippen LogP contribution in [0.25, 0.3) is 11.3 Å². The second-order valence-corrected chi connectivity index (χ2v) is 16.4. The molecule has 3 aliphatic heterocycles. The number of rotatable bonds is 8. The molecule has 1 saturated carbocycles. The highest BCUT2D eigenvalue weighted by Gasteiger charge is 2.35. The number of phenolic OH excluding ortho intramolecular Hbond substituents is 1. The second-order valence-electron chi connectivity index (χ2n) is 16.4. The molecule has 0 bridgehead atoms. The quantitative estimate of drug-likeness (QED) is 0.214. The zero-order chi connectivity index (χ0) is 38.9. The van der Waals surface area contributed by atoms with Crippen LogP contribution in [-0.2, 0) is 42.5 Å². The van der Waals surface area contributed by atoms with E-state index in [0.29, 0.717) is 68.4 Å². The van der Waals surface area contributed by atoms with Crippen molar-refractivity contribution in [2.75, 3.05) is 51.3 Å². The highest BCUT2D eigenvalue weighted by Crippen LogP contribution is 2.37. The Kier molecular flexibility index (Phi) is 11.0. The first-order valence-corrected chi connectivity index (χ1v) is 20.5. The van der Waals surface area contributed by atoms with Gasteiger partial charge in [0.1, 0.15) is 5.75 Å². The van der Waals surface area contributed by atoms with Gasteiger partial charge in [-0.25, -0.2) is 0 Å². The summed E-state index contributed by atoms with van der Waals surface area (Å²) in [6, 6.07) is 21.2. The smallest absolute Gasteiger partial charge is 0.259 e. The van der Waals surface area contributed by atoms with Gasteiger partial charge >= 0.3 is 0 Å². The fourth-order valence-electron chi connectivity index (χ4n) is 9.35. The minimum absolute atomic E-state index is 0.0285. The average molecular weight is 758 g/mol. The van der Waals surface area contributed by atoms with Crippen molar-refractivity contribution in [3.05, 3.63) is 106 Å². The molecule has 1 aliphatic carbocycles. The Morgan fingerprint density at radius 2 is 1.57 bits per heavy atom. The molecule has 0 radical (unpaired) electrons. The number of fused-ring (bicyclic) bond motifs is 2. The monoisotopic (exact) mass is 757 g/mol. The maximum atomic E-state index is 15.4. The van der Waals surface area contributed by atoms with Gasteiger partial charge in [0.2, 0.25) is 5.91 Å². The third kappa shape index (κ3) is 7.74. The first-order chi connectivity index (χ1) is 27.1. The Labute approximate surface area is 330 Å². The first-order valence-electron chi connectivity index (χ1n) is 20.5. The van der Waals surface area contributed by atoms with Crippen molar-refractivity contribution in [2.45, 2.75) is 77.4 Å². The number of carbonyl (C=O) groups is 3. The van der Waals surface area contributed by atoms with Crippen LogP contribution in [0.3, 0.4) is 0 Å². The maximum absolute atomic E-state index is 15.4. The summed E-state index contributed by atoms with van der Waals surface area (Å²) in [6.45, 7) is 7.43. The van der Waals surface area contributed by atoms with E-state index in [1.54, 1.807) is 36.2 Å². The SMILES string of the molecule is Cc1c(C(=O)N(C)c2ccc(O)cc2)cc(-c2cc3c(cc2C(=O)N2Cc4ccccc4C[C@H]2CN2CCOCC2)CN(C(=O)CC2CCCCC2)CC3)n1C. The molecular weight excluding hydrogens is 703 g/mol. The van der Waals surface area contributed by atoms with E-state index >= 15 is 4.79 Å². The number of phenols is 1. The van der Waals surface area contributed by atoms with Crippen molar-refractivity contribution in [3.63, 3.8) is 0 Å². The number of morpholine rings is 1. The minimum Gasteiger partial charge on any atom is -0.508 e. The number of amides is 3. The van der Waals surface area contributed by atoms with Crippen LogP contribution in [0.4, 0.5) is 5.69 Å². The molecule has 3 aromatic carbocycles. The van der Waals surface area contributed by atoms with E-state index in [-0.39, 0.29) is 29.5 Å². The Bertz CT molecular complexity index is 2100. The summed E-state index contributed by atoms with van der Waals surface area (Å²) >= 11 is 0. The first kappa shape index (κ1) is 38.0. The molecule has 4 heterocycles. The molecule has 0 unspecified atom stereocenters. The van der Waals surface area contributed by atoms with Gasteiger partial charge in [0.05, 0.1) is 18.8 Å². The van der Waals surface area contributed by atoms with E-state index in [9.17, 15) is 14.7 Å². The molecular formula is C46H55N5O5. The van der Waals surface area contributed by atoms with Crippen LogP contribution in [0.15, 0.2) is 66.7 Å². The van der Waals surface area contributed by atoms with Gasteiger partial charge in [0, 0.05) is 94.0 Å². The normalized spacial score (nSPS) is 19.0. The lowest BCUT2D eigenvalue weighted by atomic mass is 9.86. The summed E-state index contributed by atoms with van der Waals surface area (Å²) in [5.41, 5.74) is 8.82. The Hall–Kier alpha value is -4.93. The molecule has 56 heavy (non-hydrogen) atoms. The molecule has 4 aliphatic rings. The standard InChI is InChI=1S/C46H55N5O5/c1-31-40(45(54)48(3)37-13-15-39(52)16-14-37)27-43(47(31)2)41-25-34-17-18-50(44(53)23-32-9-5-4-6-10-32)28-36(34)26-42(41)46(55)51-29-35-12-8-7-11-33(35)24-38(51)30-49-19-21-56-22-20-49/h7-8,11-16,25-27,32,38,52H,4-6,9-10,17-24,28-30H2,1-3H3/t38-/m0/s1. The molecule has 10 heteroatoms. The molecule has 1 N–H and O–H groups in total. The maximum Gasteiger partial charge on any atom is 0.259 e. The summed E-state index contributed by atoms with van der Waals surface area (Å²) in [4.78, 5) is 51.2. The zero-order valence-corrected chi connectivity index (χ0v) is 33.1. The van der Waals surface area contributed by atoms with Crippen LogP contribution in [0.1, 0.15) is 87.2 Å². The van der Waals surface area contributed by atoms with Crippen molar-refractivity contribution < 1.29 is 24.2 Å². The molecule has 8 rings (SSSR count). The van der Waals surface area contributed by atoms with Gasteiger partial charge in [0.15, 0.2) is 0 Å². The summed E-state index contributed by atoms with van der Waals surface area (Å²) in [5.74, 6) is 0.614. The largest absolute Gasteiger partial charge is 0.508 e. The molecule has 294 valence electrons. The molecule has 2 fully saturated rings. The van der Waals surface area contributed by atoms with Crippen LogP contribution < -0.4 is 4.90 Å². The molecule has 1 saturated heterocycles. The van der Waals surface area contributed by atoms with Gasteiger partial charge in [-0.05, 0) is 103 Å². The number of ether oxygens (including phenoxy) is 1. The van der Waals surface area contributed by atoms with Gasteiger partial charge < -0.3 is 29.1 Å². The topological polar surface area (TPSA) is 98.6 Å². The third-order valence-corrected chi connectivity index (χ3v) is 12.9. The van der Waals surface area contributed by atoms with Crippen molar-refractivity contribution >= 4 is 23.4 Å². The number of anilines is 1. The zero-order valence-electron chi connectivity index (χ0n) is 33.1. The fraction of sp³-hybridized carbons (Fsp3) is 0.457. The number of benzene rings is 3. The van der Waals surface area contributed by atoms with Gasteiger partial charge in [-0.3, -0.25) is 19.3 Å². The summed E-state index contributed by atoms with van der Waals surface area (Å²) in [5, 5.41) is 9.84. The van der Waals surface area contributed by atoms with E-state index in [1.165, 1.54) is 24.8 Å². The fourth-order valence-corrected chi connectivity index (χ4v) is 9.35. The number of aromatic nitrogens is 1. The van der Waals surface area contributed by atoms with E-state index in [0.717, 1.165) is 72.5 Å². The van der Waals surface area contributed by atoms with Gasteiger partial charge in [0.25, 0.3) is 11.8 Å². The molecule has 3 amide bonds. The van der Waals surface area contributed by atoms with Crippen molar-refractivity contribution in [1.82, 2.24) is 19.3 Å². The van der Waals surface area contributed by atoms with Crippen LogP contribution >= 0.6 is 0 Å². The van der Waals surface area contributed by atoms with Gasteiger partial charge in [-0.15, -0.1) is 0 Å². The van der Waals surface area contributed by atoms with Crippen LogP contribution in [0.2, 0.25) is 0 Å². The van der Waals surface area contributed by atoms with E-state index in [1.807, 2.05) is 35.6 Å². The lowest BCUT2D eigenvalue weighted by Gasteiger charge is -2.41. The Morgan fingerprint density at radius 1 is 0.839 bits per heavy atom. The van der Waals surface area contributed by atoms with Crippen molar-refractivity contribution in [1.29, 1.82) is 0 Å². The molecule has 10 nitrogen and oxygen atoms in total. The van der Waals surface area contributed by atoms with Crippen LogP contribution in [0, 0.1) is 12.8 Å². The number of aromatic hydroxyl groups is 1. The summed E-state index contributed by atoms with van der Waals surface area (Å²) in [7, 11) is 3.69. The molecule has 0 spiro atoms. The Morgan fingerprint density at radius 3 is 2.32 bits per heavy atom. The third-order valence-electron chi connectivity index (χ3n) is 12.9. The second kappa shape index (κ2) is 16.3. The van der Waals surface area contributed by atoms with Gasteiger partial charge in [-0.1, -0.05) is 43.5 Å². The number of carbonyl (C=O) groups excluding carboxylic acids is 3. The highest BCUT2D eigenvalue weighted by molar-refractivity contribution is 6.08. The van der Waals surface area contributed by atoms with Crippen molar-refractivity contribution in [3.8, 4) is 17.0 Å². The predicted octanol–water partition coefficient (Wildman–Crippen LogP) is 6.74. The van der Waals surface area contributed by atoms with Gasteiger partial charge in [-0.2, -0.15) is 0 Å². The number of hydrogen-bond acceptors (Lipinski definition) is 6. The molecule has 4 aromatic rings. The summed E-state index contributed by atoms with van der Waals surface area (Å²) < 4.78 is 7.69. The minimum atomic E-state index is -0.175. The molecule has 1 atom stereocenters. The lowest BCUT2D eigenvalue weighted by Crippen LogP contribution is -2.52. The Balaban J connectivity index is 1.17. The highest BCUT2D eigenvalue weighted by atomic mass is 16.5. The average Bonchev–Trinajstić information content (AvgIpc) is 3.52.